The topological polar surface area (TPSA) is 46.5 Å². The maximum atomic E-state index is 14.3. The van der Waals surface area contributed by atoms with Crippen LogP contribution < -0.4 is 0 Å². The minimum atomic E-state index is -2.31. The van der Waals surface area contributed by atoms with E-state index in [1.54, 1.807) is 49.4 Å². The lowest BCUT2D eigenvalue weighted by Crippen LogP contribution is -2.17. The summed E-state index contributed by atoms with van der Waals surface area (Å²) in [4.78, 5) is 12.6. The molecule has 0 amide bonds. The largest absolute Gasteiger partial charge is 0.427 e. The number of halogens is 5. The zero-order valence-electron chi connectivity index (χ0n) is 17.6. The Balaban J connectivity index is 2.09. The van der Waals surface area contributed by atoms with Crippen LogP contribution in [0.4, 0.5) is 22.0 Å². The van der Waals surface area contributed by atoms with Crippen molar-refractivity contribution in [1.29, 1.82) is 0 Å². The van der Waals surface area contributed by atoms with Crippen LogP contribution in [0, 0.1) is 41.9 Å². The van der Waals surface area contributed by atoms with Crippen molar-refractivity contribution in [1.82, 2.24) is 0 Å². The number of carbonyl (C=O) groups excluding carboxylic acids is 1. The zero-order valence-corrected chi connectivity index (χ0v) is 17.6. The second-order valence-electron chi connectivity index (χ2n) is 7.43. The van der Waals surface area contributed by atoms with Gasteiger partial charge in [0.25, 0.3) is 0 Å². The van der Waals surface area contributed by atoms with Gasteiger partial charge in [0.15, 0.2) is 23.3 Å². The minimum absolute atomic E-state index is 0.0883. The van der Waals surface area contributed by atoms with E-state index in [0.29, 0.717) is 11.6 Å². The number of hydrogen-bond donors (Lipinski definition) is 1. The quantitative estimate of drug-likeness (QED) is 0.155. The molecule has 0 radical (unpaired) electrons. The lowest BCUT2D eigenvalue weighted by Gasteiger charge is -2.22. The normalized spacial score (nSPS) is 13.5. The van der Waals surface area contributed by atoms with Crippen molar-refractivity contribution in [3.63, 3.8) is 0 Å². The molecule has 3 aromatic carbocycles. The minimum Gasteiger partial charge on any atom is -0.427 e. The van der Waals surface area contributed by atoms with Gasteiger partial charge in [-0.3, -0.25) is 0 Å². The van der Waals surface area contributed by atoms with Crippen LogP contribution in [0.15, 0.2) is 60.4 Å². The molecule has 3 nitrogen and oxygen atoms in total. The summed E-state index contributed by atoms with van der Waals surface area (Å²) >= 11 is 0. The van der Waals surface area contributed by atoms with E-state index in [9.17, 15) is 31.9 Å². The first-order valence-corrected chi connectivity index (χ1v) is 9.86. The average Bonchev–Trinajstić information content (AvgIpc) is 2.83. The molecular formula is C25H19F5O3. The molecule has 3 aromatic rings. The molecule has 0 aromatic heterocycles. The van der Waals surface area contributed by atoms with Crippen molar-refractivity contribution in [3.8, 4) is 0 Å². The highest BCUT2D eigenvalue weighted by molar-refractivity contribution is 5.90. The van der Waals surface area contributed by atoms with E-state index in [1.807, 2.05) is 0 Å². The van der Waals surface area contributed by atoms with Crippen LogP contribution in [-0.2, 0) is 4.74 Å². The van der Waals surface area contributed by atoms with E-state index < -0.39 is 58.4 Å². The van der Waals surface area contributed by atoms with Gasteiger partial charge in [-0.1, -0.05) is 55.0 Å². The van der Waals surface area contributed by atoms with Crippen LogP contribution in [0.2, 0.25) is 0 Å². The van der Waals surface area contributed by atoms with Crippen molar-refractivity contribution in [2.45, 2.75) is 20.0 Å². The van der Waals surface area contributed by atoms with Crippen molar-refractivity contribution in [2.24, 2.45) is 5.92 Å². The summed E-state index contributed by atoms with van der Waals surface area (Å²) < 4.78 is 74.7. The highest BCUT2D eigenvalue weighted by Crippen LogP contribution is 2.32. The predicted molar refractivity (Wildman–Crippen MR) is 111 cm³/mol. The van der Waals surface area contributed by atoms with Gasteiger partial charge in [-0.25, -0.2) is 26.7 Å². The fourth-order valence-corrected chi connectivity index (χ4v) is 3.09. The number of aliphatic hydroxyl groups excluding tert-OH is 1. The Labute approximate surface area is 186 Å². The van der Waals surface area contributed by atoms with Crippen LogP contribution in [0.1, 0.15) is 40.1 Å². The van der Waals surface area contributed by atoms with Crippen molar-refractivity contribution in [3.05, 3.63) is 112 Å². The molecule has 3 rings (SSSR count). The molecule has 0 spiro atoms. The summed E-state index contributed by atoms with van der Waals surface area (Å²) in [5.41, 5.74) is 0.0480. The van der Waals surface area contributed by atoms with E-state index in [2.05, 4.69) is 0 Å². The van der Waals surface area contributed by atoms with E-state index in [-0.39, 0.29) is 5.56 Å². The lowest BCUT2D eigenvalue weighted by atomic mass is 9.94. The van der Waals surface area contributed by atoms with Crippen molar-refractivity contribution < 1.29 is 36.6 Å². The van der Waals surface area contributed by atoms with Gasteiger partial charge in [-0.05, 0) is 30.7 Å². The molecular weight excluding hydrogens is 443 g/mol. The van der Waals surface area contributed by atoms with Gasteiger partial charge >= 0.3 is 5.97 Å². The summed E-state index contributed by atoms with van der Waals surface area (Å²) in [6, 6.07) is 14.3. The standard InChI is InChI=1S/C25H19F5O3/c1-13-8-10-16(11-9-13)25(32)33-18(14(2)24(31)15-6-4-3-5-7-15)12-17-19(26)21(28)23(30)22(29)20(17)27/h3-12,14,24,31H,1-2H3/b18-12+/t14-,24-/m0/s1. The fourth-order valence-electron chi connectivity index (χ4n) is 3.09. The van der Waals surface area contributed by atoms with Gasteiger partial charge in [0.1, 0.15) is 5.76 Å². The third-order valence-corrected chi connectivity index (χ3v) is 5.09. The molecule has 0 fully saturated rings. The van der Waals surface area contributed by atoms with E-state index in [0.717, 1.165) is 5.56 Å². The first kappa shape index (κ1) is 24.1. The Bertz CT molecular complexity index is 1160. The third-order valence-electron chi connectivity index (χ3n) is 5.09. The van der Waals surface area contributed by atoms with Gasteiger partial charge in [0.05, 0.1) is 17.2 Å². The summed E-state index contributed by atoms with van der Waals surface area (Å²) in [6.07, 6.45) is -0.774. The first-order valence-electron chi connectivity index (χ1n) is 9.86. The molecule has 0 saturated carbocycles. The summed E-state index contributed by atoms with van der Waals surface area (Å²) in [6.45, 7) is 3.18. The van der Waals surface area contributed by atoms with Gasteiger partial charge < -0.3 is 9.84 Å². The number of hydrogen-bond acceptors (Lipinski definition) is 3. The van der Waals surface area contributed by atoms with Crippen LogP contribution in [0.3, 0.4) is 0 Å². The number of esters is 1. The number of aliphatic hydroxyl groups is 1. The van der Waals surface area contributed by atoms with Crippen LogP contribution in [-0.4, -0.2) is 11.1 Å². The van der Waals surface area contributed by atoms with Crippen LogP contribution >= 0.6 is 0 Å². The highest BCUT2D eigenvalue weighted by Gasteiger charge is 2.29. The van der Waals surface area contributed by atoms with Crippen LogP contribution in [0.5, 0.6) is 0 Å². The van der Waals surface area contributed by atoms with Gasteiger partial charge in [-0.2, -0.15) is 0 Å². The fraction of sp³-hybridized carbons (Fsp3) is 0.160. The Morgan fingerprint density at radius 3 is 1.91 bits per heavy atom. The molecule has 172 valence electrons. The van der Waals surface area contributed by atoms with Crippen molar-refractivity contribution in [2.75, 3.05) is 0 Å². The van der Waals surface area contributed by atoms with E-state index in [4.69, 9.17) is 4.74 Å². The monoisotopic (exact) mass is 462 g/mol. The maximum absolute atomic E-state index is 14.3. The number of ether oxygens (including phenoxy) is 1. The molecule has 1 N–H and O–H groups in total. The van der Waals surface area contributed by atoms with E-state index in [1.165, 1.54) is 19.1 Å². The molecule has 0 aliphatic carbocycles. The second-order valence-corrected chi connectivity index (χ2v) is 7.43. The molecule has 0 aliphatic rings. The predicted octanol–water partition coefficient (Wildman–Crippen LogP) is 6.26. The lowest BCUT2D eigenvalue weighted by molar-refractivity contribution is 0.0503. The summed E-state index contributed by atoms with van der Waals surface area (Å²) in [5, 5.41) is 10.7. The number of carbonyl (C=O) groups is 1. The smallest absolute Gasteiger partial charge is 0.343 e. The number of benzene rings is 3. The molecule has 0 heterocycles. The Hall–Kier alpha value is -3.52. The highest BCUT2D eigenvalue weighted by atomic mass is 19.2. The van der Waals surface area contributed by atoms with Gasteiger partial charge in [0.2, 0.25) is 5.82 Å². The Morgan fingerprint density at radius 1 is 0.848 bits per heavy atom. The molecule has 0 aliphatic heterocycles. The van der Waals surface area contributed by atoms with Crippen molar-refractivity contribution >= 4 is 12.0 Å². The average molecular weight is 462 g/mol. The molecule has 33 heavy (non-hydrogen) atoms. The molecule has 2 atom stereocenters. The molecule has 0 saturated heterocycles. The number of aryl methyl sites for hydroxylation is 1. The van der Waals surface area contributed by atoms with Gasteiger partial charge in [0, 0.05) is 5.92 Å². The molecule has 0 unspecified atom stereocenters. The Kier molecular flexibility index (Phi) is 7.28. The third kappa shape index (κ3) is 5.12. The number of rotatable bonds is 6. The SMILES string of the molecule is Cc1ccc(C(=O)O/C(=C/c2c(F)c(F)c(F)c(F)c2F)[C@H](C)[C@H](O)c2ccccc2)cc1. The maximum Gasteiger partial charge on any atom is 0.343 e. The van der Waals surface area contributed by atoms with Crippen LogP contribution in [0.25, 0.3) is 6.08 Å². The van der Waals surface area contributed by atoms with E-state index >= 15 is 0 Å². The zero-order chi connectivity index (χ0) is 24.3. The summed E-state index contributed by atoms with van der Waals surface area (Å²) in [5.74, 6) is -13.3. The van der Waals surface area contributed by atoms with Gasteiger partial charge in [-0.15, -0.1) is 0 Å². The second kappa shape index (κ2) is 9.95. The molecule has 0 bridgehead atoms. The first-order chi connectivity index (χ1) is 15.6. The Morgan fingerprint density at radius 2 is 1.36 bits per heavy atom. The molecule has 8 heteroatoms. The summed E-state index contributed by atoms with van der Waals surface area (Å²) in [7, 11) is 0.